The third-order valence-electron chi connectivity index (χ3n) is 26.7. The van der Waals surface area contributed by atoms with E-state index in [0.29, 0.717) is 84.7 Å². The van der Waals surface area contributed by atoms with E-state index < -0.39 is 0 Å². The summed E-state index contributed by atoms with van der Waals surface area (Å²) in [7, 11) is 15.3. The molecule has 8 aromatic heterocycles. The quantitative estimate of drug-likeness (QED) is 0.0417. The summed E-state index contributed by atoms with van der Waals surface area (Å²) in [5.41, 5.74) is 13.2. The maximum Gasteiger partial charge on any atom is 0.261 e. The van der Waals surface area contributed by atoms with Crippen molar-refractivity contribution in [3.63, 3.8) is 0 Å². The van der Waals surface area contributed by atoms with Gasteiger partial charge in [-0.2, -0.15) is 0 Å². The number of methoxy groups -OCH3 is 1. The highest BCUT2D eigenvalue weighted by Crippen LogP contribution is 2.29. The second kappa shape index (κ2) is 50.3. The van der Waals surface area contributed by atoms with Crippen molar-refractivity contribution in [3.05, 3.63) is 289 Å². The molecule has 22 rings (SSSR count). The van der Waals surface area contributed by atoms with E-state index in [0.717, 1.165) is 171 Å². The summed E-state index contributed by atoms with van der Waals surface area (Å²) in [5, 5.41) is 22.2. The van der Waals surface area contributed by atoms with Crippen LogP contribution >= 0.6 is 0 Å². The number of piperidine rings is 1. The molecule has 14 heterocycles. The Morgan fingerprint density at radius 2 is 0.717 bits per heavy atom. The summed E-state index contributed by atoms with van der Waals surface area (Å²) in [6.45, 7) is 25.3. The Labute approximate surface area is 839 Å². The monoisotopic (exact) mass is 1970 g/mol. The lowest BCUT2D eigenvalue weighted by Crippen LogP contribution is -2.37. The number of morpholine rings is 1. The Morgan fingerprint density at radius 3 is 1.16 bits per heavy atom. The molecule has 760 valence electrons. The van der Waals surface area contributed by atoms with Gasteiger partial charge in [0.25, 0.3) is 44.5 Å². The standard InChI is InChI=1S/C17H24N4O.C16H22N4O2.C16H22N4O.C15H20N4O.C12H11N3O2.C11H11N3O.C11H12N2O2.C10H10N2O/c1-20-13-19-16-12-14(6-7-15(16)17(20)22)18-8-5-11-21-9-3-2-4-10-21;1-19-12-18-15-11-13(3-4-14(15)16(19)21)17-5-2-6-20-7-9-22-10-8-20;1-19-12-18-15-11-13(5-6-14(15)16(19)21)17-7-4-10-20-8-2-3-9-20;1-18-11-17-14-10-12(4-5-13(14)15(18)20)16-6-9-19-7-2-3-8-19;1-15-7-14-10-6-8(11-13-4-5-17-11)2-3-9(10)12(15)16;1-14-6-13-10-7-4-5-12-9(7)3-2-8(10)11(14)15;1-7-12-10-6-8(15-3)4-5-9(10)11(14)13(7)2;1-7-11-9-6-4-3-5-8(9)10(13)12(7)2/h6-7,12-13,18H,2-5,8-11H2,1H3;3-4,11-12,17H,2,5-10H2,1H3;5-6,11-12,17H,2-4,7-10H2,1H3;4-5,10-11,16H,2-3,6-9H2,1H3;2-3,6-7H,4-5H2,1H3;2-3,6,12H,4-5H2,1H3;4-6H,1-3H3;3-6H,1-2H3. The van der Waals surface area contributed by atoms with E-state index in [1.165, 1.54) is 141 Å². The number of fused-ring (bicyclic) bond motifs is 10. The predicted molar refractivity (Wildman–Crippen MR) is 578 cm³/mol. The van der Waals surface area contributed by atoms with Gasteiger partial charge in [0.1, 0.15) is 24.0 Å². The zero-order chi connectivity index (χ0) is 102. The van der Waals surface area contributed by atoms with Crippen LogP contribution in [0.2, 0.25) is 0 Å². The van der Waals surface area contributed by atoms with Crippen LogP contribution in [0.4, 0.5) is 28.4 Å². The molecule has 145 heavy (non-hydrogen) atoms. The fraction of sp³-hybridized carbons (Fsp3) is 0.398. The molecule has 16 aromatic rings. The van der Waals surface area contributed by atoms with Crippen LogP contribution in [0, 0.1) is 13.8 Å². The van der Waals surface area contributed by atoms with Gasteiger partial charge in [-0.3, -0.25) is 52.4 Å². The maximum absolute atomic E-state index is 12.0. The molecule has 4 saturated heterocycles. The number of likely N-dealkylation sites (tertiary alicyclic amines) is 3. The van der Waals surface area contributed by atoms with Crippen LogP contribution in [0.25, 0.3) is 87.2 Å². The molecule has 0 spiro atoms. The van der Waals surface area contributed by atoms with E-state index in [-0.39, 0.29) is 44.5 Å². The molecule has 5 N–H and O–H groups in total. The number of nitrogens with one attached hydrogen (secondary N) is 5. The minimum atomic E-state index is -0.0455. The highest BCUT2D eigenvalue weighted by Gasteiger charge is 2.20. The molecule has 37 nitrogen and oxygen atoms in total. The van der Waals surface area contributed by atoms with Gasteiger partial charge in [-0.05, 0) is 264 Å². The van der Waals surface area contributed by atoms with Crippen molar-refractivity contribution in [2.75, 3.05) is 171 Å². The Bertz CT molecular complexity index is 7680. The van der Waals surface area contributed by atoms with E-state index in [9.17, 15) is 38.4 Å². The molecule has 4 fully saturated rings. The number of rotatable bonds is 21. The van der Waals surface area contributed by atoms with Gasteiger partial charge in [0.2, 0.25) is 5.90 Å². The largest absolute Gasteiger partial charge is 0.497 e. The fourth-order valence-electron chi connectivity index (χ4n) is 18.0. The van der Waals surface area contributed by atoms with Gasteiger partial charge in [0, 0.05) is 154 Å². The van der Waals surface area contributed by atoms with Crippen molar-refractivity contribution in [3.8, 4) is 5.75 Å². The number of aliphatic imine (C=N–C) groups is 1. The number of aromatic nitrogens is 16. The van der Waals surface area contributed by atoms with Gasteiger partial charge < -0.3 is 82.9 Å². The number of benzene rings is 8. The van der Waals surface area contributed by atoms with Crippen LogP contribution in [0.1, 0.15) is 87.0 Å². The Hall–Kier alpha value is -15.1. The van der Waals surface area contributed by atoms with Gasteiger partial charge >= 0.3 is 0 Å². The molecule has 6 aliphatic heterocycles. The average Bonchev–Trinajstić information content (AvgIpc) is 1.61. The first-order valence-corrected chi connectivity index (χ1v) is 49.8. The second-order valence-corrected chi connectivity index (χ2v) is 37.0. The SMILES string of the molecule is COc1ccc2c(=O)n(C)c(C)nc2c1.Cc1nc2ccccc2c(=O)n1C.Cn1cnc2c3c(ccc2c1=O)NCC3.Cn1cnc2cc(C3=NCCO3)ccc2c1=O.Cn1cnc2cc(NCCCN3CCCC3)ccc2c1=O.Cn1cnc2cc(NCCCN3CCCCC3)ccc2c1=O.Cn1cnc2cc(NCCCN3CCOCC3)ccc2c1=O.Cn1cnc2cc(NCCN3CCCC3)ccc2c1=O. The Kier molecular flexibility index (Phi) is 36.1. The number of hydrogen-bond donors (Lipinski definition) is 5. The van der Waals surface area contributed by atoms with Crippen LogP contribution < -0.4 is 75.8 Å². The highest BCUT2D eigenvalue weighted by atomic mass is 16.5. The third-order valence-corrected chi connectivity index (χ3v) is 26.7. The Balaban J connectivity index is 0.000000125. The van der Waals surface area contributed by atoms with Gasteiger partial charge in [0.05, 0.1) is 152 Å². The molecule has 0 aliphatic carbocycles. The van der Waals surface area contributed by atoms with E-state index in [4.69, 9.17) is 14.2 Å². The van der Waals surface area contributed by atoms with Crippen molar-refractivity contribution in [1.29, 1.82) is 0 Å². The molecule has 0 amide bonds. The predicted octanol–water partition coefficient (Wildman–Crippen LogP) is 10.7. The van der Waals surface area contributed by atoms with E-state index >= 15 is 0 Å². The summed E-state index contributed by atoms with van der Waals surface area (Å²) < 4.78 is 27.9. The van der Waals surface area contributed by atoms with E-state index in [1.807, 2.05) is 122 Å². The van der Waals surface area contributed by atoms with Gasteiger partial charge in [-0.1, -0.05) is 18.6 Å². The van der Waals surface area contributed by atoms with Crippen LogP contribution in [0.15, 0.2) is 227 Å². The normalized spacial score (nSPS) is 14.5. The van der Waals surface area contributed by atoms with Crippen LogP contribution in [-0.2, 0) is 72.3 Å². The lowest BCUT2D eigenvalue weighted by Gasteiger charge is -2.26. The minimum absolute atomic E-state index is 0.000540. The topological polar surface area (TPSA) is 392 Å². The number of nitrogens with zero attached hydrogens (tertiary/aromatic N) is 21. The first-order valence-electron chi connectivity index (χ1n) is 49.8. The van der Waals surface area contributed by atoms with Crippen LogP contribution in [-0.4, -0.2) is 247 Å². The summed E-state index contributed by atoms with van der Waals surface area (Å²) in [6.07, 6.45) is 23.1. The number of anilines is 5. The van der Waals surface area contributed by atoms with Crippen LogP contribution in [0.5, 0.6) is 5.75 Å². The first kappa shape index (κ1) is 104. The minimum Gasteiger partial charge on any atom is -0.497 e. The lowest BCUT2D eigenvalue weighted by molar-refractivity contribution is 0.0378. The van der Waals surface area contributed by atoms with Gasteiger partial charge in [-0.15, -0.1) is 0 Å². The van der Waals surface area contributed by atoms with E-state index in [2.05, 4.69) is 91.0 Å². The molecule has 0 saturated carbocycles. The molecule has 0 atom stereocenters. The third kappa shape index (κ3) is 27.1. The zero-order valence-electron chi connectivity index (χ0n) is 84.8. The fourth-order valence-corrected chi connectivity index (χ4v) is 18.0. The number of ether oxygens (including phenoxy) is 3. The van der Waals surface area contributed by atoms with Gasteiger partial charge in [0.15, 0.2) is 0 Å². The summed E-state index contributed by atoms with van der Waals surface area (Å²) in [5.74, 6) is 2.78. The average molecular weight is 1970 g/mol. The summed E-state index contributed by atoms with van der Waals surface area (Å²) in [4.78, 5) is 144. The molecule has 0 bridgehead atoms. The lowest BCUT2D eigenvalue weighted by atomic mass is 10.1. The number of aryl methyl sites for hydroxylation is 8. The molecule has 0 unspecified atom stereocenters. The molecular weight excluding hydrogens is 1840 g/mol. The van der Waals surface area contributed by atoms with Crippen molar-refractivity contribution >= 4 is 122 Å². The Morgan fingerprint density at radius 1 is 0.352 bits per heavy atom. The molecule has 37 heteroatoms. The van der Waals surface area contributed by atoms with Gasteiger partial charge in [-0.25, -0.2) is 44.9 Å². The molecule has 0 radical (unpaired) electrons. The first-order chi connectivity index (χ1) is 70.3. The van der Waals surface area contributed by atoms with Crippen molar-refractivity contribution in [2.45, 2.75) is 84.5 Å². The molecular formula is C108H132N26O11. The highest BCUT2D eigenvalue weighted by molar-refractivity contribution is 5.98. The summed E-state index contributed by atoms with van der Waals surface area (Å²) in [6, 6.07) is 44.9. The maximum atomic E-state index is 12.0. The smallest absolute Gasteiger partial charge is 0.261 e. The van der Waals surface area contributed by atoms with Crippen molar-refractivity contribution < 1.29 is 14.2 Å². The van der Waals surface area contributed by atoms with Crippen molar-refractivity contribution in [2.24, 2.45) is 61.4 Å². The molecule has 8 aromatic carbocycles. The van der Waals surface area contributed by atoms with E-state index in [1.54, 1.807) is 137 Å². The number of para-hydroxylation sites is 1. The number of hydrogen-bond acceptors (Lipinski definition) is 29. The van der Waals surface area contributed by atoms with Crippen molar-refractivity contribution in [1.82, 2.24) is 96.0 Å². The zero-order valence-corrected chi connectivity index (χ0v) is 84.8. The summed E-state index contributed by atoms with van der Waals surface area (Å²) >= 11 is 0. The second-order valence-electron chi connectivity index (χ2n) is 37.0. The van der Waals surface area contributed by atoms with Crippen LogP contribution in [0.3, 0.4) is 0 Å². The molecule has 6 aliphatic rings.